The highest BCUT2D eigenvalue weighted by molar-refractivity contribution is 7.89. The zero-order chi connectivity index (χ0) is 22.3. The predicted octanol–water partition coefficient (Wildman–Crippen LogP) is 1.71. The van der Waals surface area contributed by atoms with E-state index in [1.165, 1.54) is 42.7 Å². The second kappa shape index (κ2) is 7.78. The molecule has 2 aromatic carbocycles. The Morgan fingerprint density at radius 1 is 1.10 bits per heavy atom. The number of ether oxygens (including phenoxy) is 1. The third-order valence-electron chi connectivity index (χ3n) is 5.55. The van der Waals surface area contributed by atoms with E-state index >= 15 is 0 Å². The first-order chi connectivity index (χ1) is 14.8. The average Bonchev–Trinajstić information content (AvgIpc) is 3.35. The fourth-order valence-electron chi connectivity index (χ4n) is 3.89. The number of methoxy groups -OCH3 is 1. The number of carbonyl (C=O) groups excluding carboxylic acids is 3. The Morgan fingerprint density at radius 2 is 1.81 bits per heavy atom. The molecule has 31 heavy (non-hydrogen) atoms. The predicted molar refractivity (Wildman–Crippen MR) is 111 cm³/mol. The minimum absolute atomic E-state index is 0.0657. The molecule has 162 valence electrons. The lowest BCUT2D eigenvalue weighted by molar-refractivity contribution is -0.119. The number of fused-ring (bicyclic) bond motifs is 1. The lowest BCUT2D eigenvalue weighted by atomic mass is 10.1. The number of amides is 3. The Balaban J connectivity index is 1.60. The Kier molecular flexibility index (Phi) is 5.28. The Morgan fingerprint density at radius 3 is 2.48 bits per heavy atom. The molecule has 2 aliphatic rings. The molecule has 0 unspecified atom stereocenters. The molecule has 0 aliphatic carbocycles. The van der Waals surface area contributed by atoms with Crippen molar-refractivity contribution < 1.29 is 27.5 Å². The largest absolute Gasteiger partial charge is 0.497 e. The smallest absolute Gasteiger partial charge is 0.263 e. The molecule has 2 aromatic rings. The fourth-order valence-corrected chi connectivity index (χ4v) is 5.55. The third kappa shape index (κ3) is 3.47. The fraction of sp³-hybridized carbons (Fsp3) is 0.286. The highest BCUT2D eigenvalue weighted by atomic mass is 32.2. The highest BCUT2D eigenvalue weighted by Gasteiger charge is 2.41. The number of carbonyl (C=O) groups is 3. The monoisotopic (exact) mass is 443 g/mol. The zero-order valence-corrected chi connectivity index (χ0v) is 17.8. The molecule has 0 spiro atoms. The van der Waals surface area contributed by atoms with Gasteiger partial charge in [0.25, 0.3) is 11.8 Å². The van der Waals surface area contributed by atoms with Crippen LogP contribution in [0.25, 0.3) is 0 Å². The first kappa shape index (κ1) is 21.0. The average molecular weight is 443 g/mol. The summed E-state index contributed by atoms with van der Waals surface area (Å²) in [4.78, 5) is 38.7. The van der Waals surface area contributed by atoms with Crippen molar-refractivity contribution in [1.82, 2.24) is 9.21 Å². The Labute approximate surface area is 179 Å². The Bertz CT molecular complexity index is 1180. The van der Waals surface area contributed by atoms with E-state index < -0.39 is 33.8 Å². The SMILES string of the molecule is COc1ccc(S(=O)(=O)N2CCC[C@@H]2C(=O)Nc2cccc3c2C(=O)N(C)C3=O)cc1. The van der Waals surface area contributed by atoms with Crippen LogP contribution in [0, 0.1) is 0 Å². The van der Waals surface area contributed by atoms with Crippen molar-refractivity contribution in [3.05, 3.63) is 53.6 Å². The number of sulfonamides is 1. The summed E-state index contributed by atoms with van der Waals surface area (Å²) in [5.74, 6) is -0.972. The minimum Gasteiger partial charge on any atom is -0.497 e. The number of benzene rings is 2. The first-order valence-electron chi connectivity index (χ1n) is 9.68. The van der Waals surface area contributed by atoms with Crippen LogP contribution >= 0.6 is 0 Å². The van der Waals surface area contributed by atoms with Crippen molar-refractivity contribution in [3.63, 3.8) is 0 Å². The van der Waals surface area contributed by atoms with E-state index in [1.807, 2.05) is 0 Å². The van der Waals surface area contributed by atoms with Crippen LogP contribution in [0.4, 0.5) is 5.69 Å². The quantitative estimate of drug-likeness (QED) is 0.704. The van der Waals surface area contributed by atoms with Crippen molar-refractivity contribution in [2.45, 2.75) is 23.8 Å². The van der Waals surface area contributed by atoms with Crippen molar-refractivity contribution >= 4 is 33.4 Å². The molecule has 0 bridgehead atoms. The van der Waals surface area contributed by atoms with Gasteiger partial charge in [0.2, 0.25) is 15.9 Å². The minimum atomic E-state index is -3.90. The van der Waals surface area contributed by atoms with Crippen LogP contribution in [-0.2, 0) is 14.8 Å². The number of nitrogens with one attached hydrogen (secondary N) is 1. The van der Waals surface area contributed by atoms with Gasteiger partial charge in [-0.25, -0.2) is 8.42 Å². The molecule has 3 amide bonds. The summed E-state index contributed by atoms with van der Waals surface area (Å²) >= 11 is 0. The molecule has 1 N–H and O–H groups in total. The van der Waals surface area contributed by atoms with Gasteiger partial charge < -0.3 is 10.1 Å². The topological polar surface area (TPSA) is 113 Å². The number of imide groups is 1. The zero-order valence-electron chi connectivity index (χ0n) is 17.0. The Hall–Kier alpha value is -3.24. The van der Waals surface area contributed by atoms with Gasteiger partial charge >= 0.3 is 0 Å². The normalized spacial score (nSPS) is 18.9. The van der Waals surface area contributed by atoms with E-state index in [0.717, 1.165) is 4.90 Å². The summed E-state index contributed by atoms with van der Waals surface area (Å²) in [6.45, 7) is 0.208. The summed E-state index contributed by atoms with van der Waals surface area (Å²) in [5, 5.41) is 2.66. The molecule has 0 saturated carbocycles. The number of anilines is 1. The summed E-state index contributed by atoms with van der Waals surface area (Å²) in [7, 11) is -1.04. The third-order valence-corrected chi connectivity index (χ3v) is 7.47. The van der Waals surface area contributed by atoms with E-state index in [2.05, 4.69) is 5.32 Å². The number of nitrogens with zero attached hydrogens (tertiary/aromatic N) is 2. The van der Waals surface area contributed by atoms with E-state index in [1.54, 1.807) is 18.2 Å². The molecule has 2 aliphatic heterocycles. The summed E-state index contributed by atoms with van der Waals surface area (Å²) < 4.78 is 32.5. The second-order valence-corrected chi connectivity index (χ2v) is 9.23. The van der Waals surface area contributed by atoms with E-state index in [0.29, 0.717) is 18.6 Å². The maximum absolute atomic E-state index is 13.1. The maximum atomic E-state index is 13.1. The molecular formula is C21H21N3O6S. The van der Waals surface area contributed by atoms with E-state index in [9.17, 15) is 22.8 Å². The molecule has 1 saturated heterocycles. The van der Waals surface area contributed by atoms with Crippen LogP contribution in [0.3, 0.4) is 0 Å². The molecule has 0 aromatic heterocycles. The molecule has 9 nitrogen and oxygen atoms in total. The van der Waals surface area contributed by atoms with E-state index in [-0.39, 0.29) is 28.3 Å². The van der Waals surface area contributed by atoms with Crippen LogP contribution in [0.2, 0.25) is 0 Å². The molecular weight excluding hydrogens is 422 g/mol. The number of hydrogen-bond acceptors (Lipinski definition) is 6. The highest BCUT2D eigenvalue weighted by Crippen LogP contribution is 2.31. The van der Waals surface area contributed by atoms with Crippen molar-refractivity contribution in [1.29, 1.82) is 0 Å². The summed E-state index contributed by atoms with van der Waals surface area (Å²) in [6, 6.07) is 9.65. The lowest BCUT2D eigenvalue weighted by Crippen LogP contribution is -2.43. The van der Waals surface area contributed by atoms with Gasteiger partial charge in [-0.05, 0) is 49.2 Å². The first-order valence-corrected chi connectivity index (χ1v) is 11.1. The molecule has 10 heteroatoms. The maximum Gasteiger partial charge on any atom is 0.263 e. The standard InChI is InChI=1S/C21H21N3O6S/c1-23-20(26)15-5-3-6-16(18(15)21(23)27)22-19(25)17-7-4-12-24(17)31(28,29)14-10-8-13(30-2)9-11-14/h3,5-6,8-11,17H,4,7,12H2,1-2H3,(H,22,25)/t17-/m1/s1. The van der Waals surface area contributed by atoms with Gasteiger partial charge in [0.15, 0.2) is 0 Å². The van der Waals surface area contributed by atoms with Gasteiger partial charge in [0, 0.05) is 13.6 Å². The van der Waals surface area contributed by atoms with Crippen LogP contribution in [0.15, 0.2) is 47.4 Å². The van der Waals surface area contributed by atoms with E-state index in [4.69, 9.17) is 4.74 Å². The van der Waals surface area contributed by atoms with Gasteiger partial charge in [0.05, 0.1) is 28.8 Å². The van der Waals surface area contributed by atoms with Crippen LogP contribution in [0.1, 0.15) is 33.6 Å². The summed E-state index contributed by atoms with van der Waals surface area (Å²) in [5.41, 5.74) is 0.518. The summed E-state index contributed by atoms with van der Waals surface area (Å²) in [6.07, 6.45) is 0.879. The van der Waals surface area contributed by atoms with Gasteiger partial charge in [-0.1, -0.05) is 6.07 Å². The number of hydrogen-bond donors (Lipinski definition) is 1. The van der Waals surface area contributed by atoms with Crippen LogP contribution < -0.4 is 10.1 Å². The van der Waals surface area contributed by atoms with Crippen LogP contribution in [-0.4, -0.2) is 62.1 Å². The van der Waals surface area contributed by atoms with Gasteiger partial charge in [-0.3, -0.25) is 19.3 Å². The lowest BCUT2D eigenvalue weighted by Gasteiger charge is -2.23. The molecule has 4 rings (SSSR count). The molecule has 1 atom stereocenters. The number of rotatable bonds is 5. The molecule has 0 radical (unpaired) electrons. The van der Waals surface area contributed by atoms with Gasteiger partial charge in [-0.15, -0.1) is 0 Å². The van der Waals surface area contributed by atoms with Gasteiger partial charge in [-0.2, -0.15) is 4.31 Å². The van der Waals surface area contributed by atoms with Crippen LogP contribution in [0.5, 0.6) is 5.75 Å². The van der Waals surface area contributed by atoms with Gasteiger partial charge in [0.1, 0.15) is 11.8 Å². The van der Waals surface area contributed by atoms with Crippen molar-refractivity contribution in [2.24, 2.45) is 0 Å². The van der Waals surface area contributed by atoms with Crippen molar-refractivity contribution in [2.75, 3.05) is 26.0 Å². The van der Waals surface area contributed by atoms with Crippen molar-refractivity contribution in [3.8, 4) is 5.75 Å². The second-order valence-electron chi connectivity index (χ2n) is 7.34. The molecule has 1 fully saturated rings. The molecule has 2 heterocycles.